The molecule has 2 atom stereocenters. The smallest absolute Gasteiger partial charge is 0.246 e. The number of aromatic nitrogens is 1. The number of ether oxygens (including phenoxy) is 1. The molecule has 2 aromatic carbocycles. The summed E-state index contributed by atoms with van der Waals surface area (Å²) in [5.41, 5.74) is 9.75. The van der Waals surface area contributed by atoms with Crippen LogP contribution in [0.15, 0.2) is 79.5 Å². The third-order valence-electron chi connectivity index (χ3n) is 6.62. The van der Waals surface area contributed by atoms with Gasteiger partial charge in [-0.15, -0.1) is 0 Å². The maximum Gasteiger partial charge on any atom is 0.246 e. The topological polar surface area (TPSA) is 71.7 Å². The summed E-state index contributed by atoms with van der Waals surface area (Å²) in [5.74, 6) is 2.29. The fraction of sp³-hybridized carbons (Fsp3) is 0.259. The van der Waals surface area contributed by atoms with E-state index in [4.69, 9.17) is 10.5 Å². The van der Waals surface area contributed by atoms with Gasteiger partial charge < -0.3 is 20.3 Å². The van der Waals surface area contributed by atoms with Crippen molar-refractivity contribution in [3.8, 4) is 11.5 Å². The Kier molecular flexibility index (Phi) is 5.73. The van der Waals surface area contributed by atoms with Gasteiger partial charge in [0, 0.05) is 49.0 Å². The Hall–Kier alpha value is -3.80. The molecule has 6 heteroatoms. The molecule has 0 saturated carbocycles. The van der Waals surface area contributed by atoms with Gasteiger partial charge in [-0.2, -0.15) is 0 Å². The summed E-state index contributed by atoms with van der Waals surface area (Å²) in [7, 11) is 0. The van der Waals surface area contributed by atoms with Gasteiger partial charge in [-0.3, -0.25) is 4.79 Å². The molecule has 33 heavy (non-hydrogen) atoms. The number of carbonyl (C=O) groups excluding carboxylic acids is 1. The molecular weight excluding hydrogens is 412 g/mol. The standard InChI is InChI=1S/C27H28N4O2/c1-2-25(32)30-16-6-7-20(17-30)31-18-23(26-24(31)14-15-29-27(26)28)19-10-12-22(13-11-19)33-21-8-4-3-5-9-21/h2-5,8-15,20,23H,1,6-7,16-18H2,(H2,28,29)/t20-,23?/m1/s1. The van der Waals surface area contributed by atoms with Gasteiger partial charge in [0.1, 0.15) is 17.3 Å². The molecule has 0 aliphatic carbocycles. The predicted molar refractivity (Wildman–Crippen MR) is 131 cm³/mol. The van der Waals surface area contributed by atoms with Crippen molar-refractivity contribution in [3.63, 3.8) is 0 Å². The van der Waals surface area contributed by atoms with Crippen LogP contribution in [-0.2, 0) is 4.79 Å². The van der Waals surface area contributed by atoms with Crippen LogP contribution < -0.4 is 15.4 Å². The van der Waals surface area contributed by atoms with E-state index in [1.807, 2.05) is 53.4 Å². The monoisotopic (exact) mass is 440 g/mol. The van der Waals surface area contributed by atoms with Crippen LogP contribution in [0.3, 0.4) is 0 Å². The third-order valence-corrected chi connectivity index (χ3v) is 6.62. The first-order chi connectivity index (χ1) is 16.1. The molecule has 2 aliphatic heterocycles. The average Bonchev–Trinajstić information content (AvgIpc) is 3.26. The van der Waals surface area contributed by atoms with E-state index in [1.165, 1.54) is 11.6 Å². The molecule has 3 aromatic rings. The van der Waals surface area contributed by atoms with Crippen LogP contribution in [0.4, 0.5) is 11.5 Å². The Balaban J connectivity index is 1.40. The van der Waals surface area contributed by atoms with Crippen molar-refractivity contribution in [3.05, 3.63) is 90.6 Å². The number of nitrogens with zero attached hydrogens (tertiary/aromatic N) is 3. The highest BCUT2D eigenvalue weighted by molar-refractivity contribution is 5.87. The van der Waals surface area contributed by atoms with Crippen LogP contribution in [0, 0.1) is 0 Å². The van der Waals surface area contributed by atoms with E-state index in [1.54, 1.807) is 6.20 Å². The van der Waals surface area contributed by atoms with Crippen molar-refractivity contribution < 1.29 is 9.53 Å². The van der Waals surface area contributed by atoms with Crippen LogP contribution in [0.5, 0.6) is 11.5 Å². The minimum Gasteiger partial charge on any atom is -0.457 e. The lowest BCUT2D eigenvalue weighted by Crippen LogP contribution is -2.49. The second-order valence-electron chi connectivity index (χ2n) is 8.60. The summed E-state index contributed by atoms with van der Waals surface area (Å²) in [6.45, 7) is 5.94. The van der Waals surface area contributed by atoms with Crippen molar-refractivity contribution in [1.29, 1.82) is 0 Å². The van der Waals surface area contributed by atoms with E-state index in [-0.39, 0.29) is 17.9 Å². The molecule has 1 fully saturated rings. The van der Waals surface area contributed by atoms with Gasteiger partial charge in [0.2, 0.25) is 5.91 Å². The highest BCUT2D eigenvalue weighted by Gasteiger charge is 2.37. The minimum absolute atomic E-state index is 0.00100. The summed E-state index contributed by atoms with van der Waals surface area (Å²) < 4.78 is 5.96. The largest absolute Gasteiger partial charge is 0.457 e. The molecule has 0 spiro atoms. The van der Waals surface area contributed by atoms with E-state index >= 15 is 0 Å². The number of fused-ring (bicyclic) bond motifs is 1. The summed E-state index contributed by atoms with van der Waals surface area (Å²) in [6, 6.07) is 20.3. The number of nitrogens with two attached hydrogens (primary N) is 1. The van der Waals surface area contributed by atoms with Gasteiger partial charge in [0.25, 0.3) is 0 Å². The Morgan fingerprint density at radius 2 is 1.82 bits per heavy atom. The van der Waals surface area contributed by atoms with Crippen molar-refractivity contribution in [2.75, 3.05) is 30.3 Å². The van der Waals surface area contributed by atoms with Crippen LogP contribution in [0.1, 0.15) is 29.9 Å². The first kappa shape index (κ1) is 21.1. The fourth-order valence-corrected chi connectivity index (χ4v) is 5.02. The van der Waals surface area contributed by atoms with Gasteiger partial charge in [-0.1, -0.05) is 36.9 Å². The van der Waals surface area contributed by atoms with Gasteiger partial charge in [0.05, 0.1) is 0 Å². The number of rotatable bonds is 5. The Labute approximate surface area is 194 Å². The first-order valence-electron chi connectivity index (χ1n) is 11.4. The highest BCUT2D eigenvalue weighted by Crippen LogP contribution is 2.44. The van der Waals surface area contributed by atoms with Crippen molar-refractivity contribution in [1.82, 2.24) is 9.88 Å². The Morgan fingerprint density at radius 1 is 1.06 bits per heavy atom. The third kappa shape index (κ3) is 4.16. The van der Waals surface area contributed by atoms with Crippen molar-refractivity contribution in [2.24, 2.45) is 0 Å². The lowest BCUT2D eigenvalue weighted by atomic mass is 9.93. The fourth-order valence-electron chi connectivity index (χ4n) is 5.02. The second-order valence-corrected chi connectivity index (χ2v) is 8.60. The molecular formula is C27H28N4O2. The summed E-state index contributed by atoms with van der Waals surface area (Å²) in [6.07, 6.45) is 5.20. The van der Waals surface area contributed by atoms with Crippen molar-refractivity contribution >= 4 is 17.4 Å². The van der Waals surface area contributed by atoms with Crippen LogP contribution in [0.2, 0.25) is 0 Å². The first-order valence-corrected chi connectivity index (χ1v) is 11.4. The number of anilines is 2. The number of amides is 1. The number of hydrogen-bond donors (Lipinski definition) is 1. The molecule has 1 aromatic heterocycles. The molecule has 2 N–H and O–H groups in total. The maximum absolute atomic E-state index is 12.2. The molecule has 3 heterocycles. The quantitative estimate of drug-likeness (QED) is 0.588. The summed E-state index contributed by atoms with van der Waals surface area (Å²) in [5, 5.41) is 0. The zero-order chi connectivity index (χ0) is 22.8. The Bertz CT molecular complexity index is 1150. The van der Waals surface area contributed by atoms with E-state index in [9.17, 15) is 4.79 Å². The van der Waals surface area contributed by atoms with Crippen LogP contribution in [-0.4, -0.2) is 41.5 Å². The number of pyridine rings is 1. The second kappa shape index (κ2) is 8.98. The molecule has 168 valence electrons. The number of para-hydroxylation sites is 1. The molecule has 5 rings (SSSR count). The maximum atomic E-state index is 12.2. The summed E-state index contributed by atoms with van der Waals surface area (Å²) >= 11 is 0. The molecule has 0 bridgehead atoms. The normalized spacial score (nSPS) is 19.8. The molecule has 0 radical (unpaired) electrons. The number of piperidine rings is 1. The van der Waals surface area contributed by atoms with Gasteiger partial charge >= 0.3 is 0 Å². The zero-order valence-electron chi connectivity index (χ0n) is 18.6. The van der Waals surface area contributed by atoms with Gasteiger partial charge in [0.15, 0.2) is 0 Å². The lowest BCUT2D eigenvalue weighted by molar-refractivity contribution is -0.127. The predicted octanol–water partition coefficient (Wildman–Crippen LogP) is 4.59. The van der Waals surface area contributed by atoms with E-state index in [2.05, 4.69) is 28.6 Å². The van der Waals surface area contributed by atoms with Crippen LogP contribution in [0.25, 0.3) is 0 Å². The van der Waals surface area contributed by atoms with Gasteiger partial charge in [-0.05, 0) is 54.8 Å². The molecule has 1 unspecified atom stereocenters. The molecule has 6 nitrogen and oxygen atoms in total. The van der Waals surface area contributed by atoms with E-state index in [0.717, 1.165) is 48.7 Å². The van der Waals surface area contributed by atoms with Gasteiger partial charge in [-0.25, -0.2) is 4.98 Å². The highest BCUT2D eigenvalue weighted by atomic mass is 16.5. The number of hydrogen-bond acceptors (Lipinski definition) is 5. The number of likely N-dealkylation sites (tertiary alicyclic amines) is 1. The SMILES string of the molecule is C=CC(=O)N1CCC[C@@H](N2CC(c3ccc(Oc4ccccc4)cc3)c3c2ccnc3N)C1. The number of nitrogen functional groups attached to an aromatic ring is 1. The number of carbonyl (C=O) groups is 1. The Morgan fingerprint density at radius 3 is 2.58 bits per heavy atom. The number of benzene rings is 2. The minimum atomic E-state index is -0.00100. The van der Waals surface area contributed by atoms with Crippen molar-refractivity contribution in [2.45, 2.75) is 24.8 Å². The van der Waals surface area contributed by atoms with Crippen LogP contribution >= 0.6 is 0 Å². The molecule has 1 amide bonds. The molecule has 1 saturated heterocycles. The van der Waals surface area contributed by atoms with E-state index < -0.39 is 0 Å². The molecule has 2 aliphatic rings. The average molecular weight is 441 g/mol. The summed E-state index contributed by atoms with van der Waals surface area (Å²) in [4.78, 5) is 20.9. The zero-order valence-corrected chi connectivity index (χ0v) is 18.6. The van der Waals surface area contributed by atoms with E-state index in [0.29, 0.717) is 12.4 Å². The lowest BCUT2D eigenvalue weighted by Gasteiger charge is -2.38.